The highest BCUT2D eigenvalue weighted by atomic mass is 32.1. The minimum absolute atomic E-state index is 0.000595. The zero-order chi connectivity index (χ0) is 26.0. The van der Waals surface area contributed by atoms with E-state index in [1.807, 2.05) is 6.07 Å². The predicted octanol–water partition coefficient (Wildman–Crippen LogP) is 4.87. The summed E-state index contributed by atoms with van der Waals surface area (Å²) in [5.74, 6) is -0.522. The van der Waals surface area contributed by atoms with E-state index in [9.17, 15) is 19.5 Å². The monoisotopic (exact) mass is 519 g/mol. The van der Waals surface area contributed by atoms with Crippen molar-refractivity contribution in [3.63, 3.8) is 0 Å². The number of thiophene rings is 1. The standard InChI is InChI=1S/C27H41N3O5S/c1-17-7-9-18(10-8-17)24(31)30(21-14-22(27(2,3)4)36-23(21)25(32)33)19-11-13-29(16-19)26(34)35-20-6-5-12-28-15-20/h14,17-20,28H,5-13,15-16H2,1-4H3,(H,32,33)/t17-,18-,19-,20+/m0/s1. The number of ether oxygens (including phenoxy) is 1. The van der Waals surface area contributed by atoms with Gasteiger partial charge in [-0.05, 0) is 68.9 Å². The topological polar surface area (TPSA) is 99.2 Å². The molecule has 0 spiro atoms. The maximum Gasteiger partial charge on any atom is 0.410 e. The quantitative estimate of drug-likeness (QED) is 0.576. The van der Waals surface area contributed by atoms with Crippen molar-refractivity contribution < 1.29 is 24.2 Å². The summed E-state index contributed by atoms with van der Waals surface area (Å²) in [5, 5.41) is 13.3. The SMILES string of the molecule is CC(C)(C)c1cc(N(C(=O)[C@H]2CC[C@H](C)CC2)[C@H]2CCN(C(=O)O[C@@H]3CCCNC3)C2)c(C(=O)O)s1. The van der Waals surface area contributed by atoms with Crippen molar-refractivity contribution in [1.29, 1.82) is 0 Å². The van der Waals surface area contributed by atoms with Crippen LogP contribution in [-0.4, -0.2) is 66.3 Å². The number of piperidine rings is 1. The molecule has 3 aliphatic rings. The molecule has 2 atom stereocenters. The first kappa shape index (κ1) is 26.9. The Hall–Kier alpha value is -2.13. The lowest BCUT2D eigenvalue weighted by atomic mass is 9.82. The van der Waals surface area contributed by atoms with Crippen molar-refractivity contribution in [1.82, 2.24) is 10.2 Å². The first-order valence-electron chi connectivity index (χ1n) is 13.4. The fourth-order valence-corrected chi connectivity index (χ4v) is 6.58. The van der Waals surface area contributed by atoms with E-state index in [0.29, 0.717) is 37.7 Å². The molecule has 2 saturated heterocycles. The largest absolute Gasteiger partial charge is 0.477 e. The number of likely N-dealkylation sites (tertiary alicyclic amines) is 1. The highest BCUT2D eigenvalue weighted by Crippen LogP contribution is 2.41. The Bertz CT molecular complexity index is 957. The average Bonchev–Trinajstić information content (AvgIpc) is 3.49. The van der Waals surface area contributed by atoms with Crippen molar-refractivity contribution in [2.45, 2.75) is 90.2 Å². The van der Waals surface area contributed by atoms with Crippen LogP contribution in [0.1, 0.15) is 87.2 Å². The predicted molar refractivity (Wildman–Crippen MR) is 141 cm³/mol. The van der Waals surface area contributed by atoms with Crippen LogP contribution in [0.4, 0.5) is 10.5 Å². The van der Waals surface area contributed by atoms with Gasteiger partial charge in [-0.2, -0.15) is 0 Å². The third-order valence-corrected chi connectivity index (χ3v) is 9.35. The van der Waals surface area contributed by atoms with E-state index < -0.39 is 5.97 Å². The molecule has 4 rings (SSSR count). The van der Waals surface area contributed by atoms with E-state index in [4.69, 9.17) is 4.74 Å². The number of hydrogen-bond donors (Lipinski definition) is 2. The van der Waals surface area contributed by atoms with Crippen molar-refractivity contribution in [2.24, 2.45) is 11.8 Å². The maximum absolute atomic E-state index is 14.0. The number of carbonyl (C=O) groups is 3. The first-order valence-corrected chi connectivity index (χ1v) is 14.2. The number of anilines is 1. The molecule has 2 aliphatic heterocycles. The van der Waals surface area contributed by atoms with Gasteiger partial charge in [0.05, 0.1) is 11.7 Å². The van der Waals surface area contributed by atoms with Gasteiger partial charge in [0.1, 0.15) is 11.0 Å². The third kappa shape index (κ3) is 6.05. The molecule has 9 heteroatoms. The molecule has 36 heavy (non-hydrogen) atoms. The molecule has 2 N–H and O–H groups in total. The van der Waals surface area contributed by atoms with Gasteiger partial charge in [-0.15, -0.1) is 11.3 Å². The third-order valence-electron chi connectivity index (χ3n) is 7.81. The molecular weight excluding hydrogens is 478 g/mol. The number of nitrogens with one attached hydrogen (secondary N) is 1. The van der Waals surface area contributed by atoms with Gasteiger partial charge >= 0.3 is 12.1 Å². The van der Waals surface area contributed by atoms with Crippen LogP contribution in [0.5, 0.6) is 0 Å². The van der Waals surface area contributed by atoms with E-state index in [1.165, 1.54) is 11.3 Å². The molecule has 1 saturated carbocycles. The van der Waals surface area contributed by atoms with E-state index in [-0.39, 0.29) is 40.4 Å². The van der Waals surface area contributed by atoms with Gasteiger partial charge < -0.3 is 25.0 Å². The van der Waals surface area contributed by atoms with Crippen LogP contribution in [0.2, 0.25) is 0 Å². The van der Waals surface area contributed by atoms with Gasteiger partial charge in [-0.25, -0.2) is 9.59 Å². The first-order chi connectivity index (χ1) is 17.0. The summed E-state index contributed by atoms with van der Waals surface area (Å²) >= 11 is 1.25. The van der Waals surface area contributed by atoms with Crippen molar-refractivity contribution in [3.8, 4) is 0 Å². The summed E-state index contributed by atoms with van der Waals surface area (Å²) in [6.45, 7) is 10.8. The molecule has 0 bridgehead atoms. The van der Waals surface area contributed by atoms with Gasteiger partial charge in [0.15, 0.2) is 0 Å². The Morgan fingerprint density at radius 2 is 1.86 bits per heavy atom. The highest BCUT2D eigenvalue weighted by Gasteiger charge is 2.40. The van der Waals surface area contributed by atoms with Crippen molar-refractivity contribution in [2.75, 3.05) is 31.1 Å². The summed E-state index contributed by atoms with van der Waals surface area (Å²) in [7, 11) is 0. The molecule has 3 heterocycles. The molecular formula is C27H41N3O5S. The molecule has 1 aliphatic carbocycles. The van der Waals surface area contributed by atoms with Crippen LogP contribution in [0.25, 0.3) is 0 Å². The number of aromatic carboxylic acids is 1. The Morgan fingerprint density at radius 1 is 1.14 bits per heavy atom. The molecule has 200 valence electrons. The molecule has 0 aromatic carbocycles. The maximum atomic E-state index is 14.0. The summed E-state index contributed by atoms with van der Waals surface area (Å²) in [6, 6.07) is 1.63. The summed E-state index contributed by atoms with van der Waals surface area (Å²) in [6.07, 6.45) is 5.62. The van der Waals surface area contributed by atoms with Gasteiger partial charge in [-0.1, -0.05) is 27.7 Å². The Morgan fingerprint density at radius 3 is 2.47 bits per heavy atom. The molecule has 1 aromatic rings. The van der Waals surface area contributed by atoms with E-state index in [0.717, 1.165) is 49.9 Å². The molecule has 1 aromatic heterocycles. The van der Waals surface area contributed by atoms with Crippen LogP contribution in [0.15, 0.2) is 6.07 Å². The number of rotatable bonds is 5. The smallest absolute Gasteiger partial charge is 0.410 e. The van der Waals surface area contributed by atoms with Crippen LogP contribution >= 0.6 is 11.3 Å². The minimum atomic E-state index is -1.01. The van der Waals surface area contributed by atoms with Crippen LogP contribution in [0.3, 0.4) is 0 Å². The number of carboxylic acids is 1. The molecule has 3 fully saturated rings. The Kier molecular flexibility index (Phi) is 8.29. The van der Waals surface area contributed by atoms with Crippen molar-refractivity contribution in [3.05, 3.63) is 15.8 Å². The van der Waals surface area contributed by atoms with Gasteiger partial charge in [0.25, 0.3) is 0 Å². The van der Waals surface area contributed by atoms with E-state index in [2.05, 4.69) is 33.0 Å². The highest BCUT2D eigenvalue weighted by molar-refractivity contribution is 7.14. The van der Waals surface area contributed by atoms with Crippen LogP contribution in [-0.2, 0) is 14.9 Å². The average molecular weight is 520 g/mol. The van der Waals surface area contributed by atoms with E-state index >= 15 is 0 Å². The number of nitrogens with zero attached hydrogens (tertiary/aromatic N) is 2. The molecule has 0 unspecified atom stereocenters. The van der Waals surface area contributed by atoms with E-state index in [1.54, 1.807) is 9.80 Å². The second kappa shape index (κ2) is 11.1. The molecule has 0 radical (unpaired) electrons. The lowest BCUT2D eigenvalue weighted by Gasteiger charge is -2.34. The number of amides is 2. The fourth-order valence-electron chi connectivity index (χ4n) is 5.54. The lowest BCUT2D eigenvalue weighted by molar-refractivity contribution is -0.124. The lowest BCUT2D eigenvalue weighted by Crippen LogP contribution is -2.47. The molecule has 2 amide bonds. The summed E-state index contributed by atoms with van der Waals surface area (Å²) < 4.78 is 5.74. The zero-order valence-electron chi connectivity index (χ0n) is 22.0. The summed E-state index contributed by atoms with van der Waals surface area (Å²) in [4.78, 5) is 43.8. The summed E-state index contributed by atoms with van der Waals surface area (Å²) in [5.41, 5.74) is 0.250. The molecule has 8 nitrogen and oxygen atoms in total. The van der Waals surface area contributed by atoms with Gasteiger partial charge in [-0.3, -0.25) is 4.79 Å². The van der Waals surface area contributed by atoms with Crippen LogP contribution in [0, 0.1) is 11.8 Å². The van der Waals surface area contributed by atoms with Gasteiger partial charge in [0, 0.05) is 30.4 Å². The number of carboxylic acid groups (broad SMARTS) is 1. The number of hydrogen-bond acceptors (Lipinski definition) is 6. The normalized spacial score (nSPS) is 27.1. The van der Waals surface area contributed by atoms with Gasteiger partial charge in [0.2, 0.25) is 5.91 Å². The second-order valence-electron chi connectivity index (χ2n) is 11.8. The van der Waals surface area contributed by atoms with Crippen molar-refractivity contribution >= 4 is 35.0 Å². The Balaban J connectivity index is 1.60. The zero-order valence-corrected chi connectivity index (χ0v) is 22.9. The van der Waals surface area contributed by atoms with Crippen LogP contribution < -0.4 is 10.2 Å². The second-order valence-corrected chi connectivity index (χ2v) is 12.8. The minimum Gasteiger partial charge on any atom is -0.477 e. The fraction of sp³-hybridized carbons (Fsp3) is 0.741. The number of carbonyl (C=O) groups excluding carboxylic acids is 2. The Labute approximate surface area is 218 Å².